The zero-order valence-corrected chi connectivity index (χ0v) is 14.5. The van der Waals surface area contributed by atoms with Crippen LogP contribution in [-0.2, 0) is 16.0 Å². The number of hydrogen-bond donors (Lipinski definition) is 2. The Morgan fingerprint density at radius 2 is 1.85 bits per heavy atom. The summed E-state index contributed by atoms with van der Waals surface area (Å²) < 4.78 is 0. The molecule has 2 N–H and O–H groups in total. The second-order valence-electron chi connectivity index (χ2n) is 7.05. The van der Waals surface area contributed by atoms with E-state index in [4.69, 9.17) is 0 Å². The van der Waals surface area contributed by atoms with Crippen LogP contribution in [0.3, 0.4) is 0 Å². The zero-order valence-electron chi connectivity index (χ0n) is 14.5. The molecule has 3 heterocycles. The molecule has 0 aliphatic carbocycles. The molecule has 1 spiro atoms. The van der Waals surface area contributed by atoms with Crippen molar-refractivity contribution in [3.05, 3.63) is 29.3 Å². The van der Waals surface area contributed by atoms with Crippen LogP contribution in [0.25, 0.3) is 0 Å². The minimum atomic E-state index is -0.881. The van der Waals surface area contributed by atoms with E-state index in [1.807, 2.05) is 12.1 Å². The number of amides is 5. The fourth-order valence-corrected chi connectivity index (χ4v) is 4.02. The van der Waals surface area contributed by atoms with E-state index < -0.39 is 11.6 Å². The Balaban J connectivity index is 1.47. The van der Waals surface area contributed by atoms with Gasteiger partial charge in [0, 0.05) is 37.8 Å². The Labute approximate surface area is 150 Å². The van der Waals surface area contributed by atoms with Gasteiger partial charge in [-0.3, -0.25) is 19.7 Å². The van der Waals surface area contributed by atoms with E-state index >= 15 is 0 Å². The highest BCUT2D eigenvalue weighted by atomic mass is 16.2. The van der Waals surface area contributed by atoms with Crippen LogP contribution in [0.5, 0.6) is 0 Å². The molecule has 0 bridgehead atoms. The van der Waals surface area contributed by atoms with Crippen molar-refractivity contribution in [2.24, 2.45) is 0 Å². The van der Waals surface area contributed by atoms with E-state index in [2.05, 4.69) is 10.6 Å². The Bertz CT molecular complexity index is 826. The van der Waals surface area contributed by atoms with E-state index in [9.17, 15) is 19.2 Å². The average molecular weight is 356 g/mol. The van der Waals surface area contributed by atoms with Gasteiger partial charge in [0.05, 0.1) is 0 Å². The van der Waals surface area contributed by atoms with E-state index in [0.29, 0.717) is 38.0 Å². The van der Waals surface area contributed by atoms with Gasteiger partial charge in [-0.05, 0) is 43.0 Å². The number of likely N-dealkylation sites (tertiary alicyclic amines) is 1. The molecule has 3 aliphatic rings. The lowest BCUT2D eigenvalue weighted by atomic mass is 9.87. The Kier molecular flexibility index (Phi) is 3.71. The van der Waals surface area contributed by atoms with Crippen LogP contribution in [0.2, 0.25) is 0 Å². The van der Waals surface area contributed by atoms with Crippen LogP contribution >= 0.6 is 0 Å². The van der Waals surface area contributed by atoms with Crippen LogP contribution in [0.15, 0.2) is 18.2 Å². The van der Waals surface area contributed by atoms with Gasteiger partial charge in [-0.15, -0.1) is 0 Å². The SMILES string of the molecule is CC(=O)N1CCc2cc(C(=O)N3CCC4(CC3)NC(=O)NC4=O)ccc21. The first kappa shape index (κ1) is 16.6. The lowest BCUT2D eigenvalue weighted by molar-refractivity contribution is -0.125. The lowest BCUT2D eigenvalue weighted by Gasteiger charge is -2.37. The van der Waals surface area contributed by atoms with Gasteiger partial charge in [-0.1, -0.05) is 0 Å². The van der Waals surface area contributed by atoms with Gasteiger partial charge in [-0.25, -0.2) is 4.79 Å². The summed E-state index contributed by atoms with van der Waals surface area (Å²) in [7, 11) is 0. The van der Waals surface area contributed by atoms with Crippen molar-refractivity contribution in [1.82, 2.24) is 15.5 Å². The molecule has 0 atom stereocenters. The van der Waals surface area contributed by atoms with Gasteiger partial charge >= 0.3 is 6.03 Å². The Morgan fingerprint density at radius 1 is 1.12 bits per heavy atom. The molecule has 136 valence electrons. The molecule has 4 rings (SSSR count). The van der Waals surface area contributed by atoms with Gasteiger partial charge < -0.3 is 15.1 Å². The van der Waals surface area contributed by atoms with Crippen molar-refractivity contribution < 1.29 is 19.2 Å². The third kappa shape index (κ3) is 2.53. The van der Waals surface area contributed by atoms with E-state index in [1.165, 1.54) is 6.92 Å². The molecule has 2 saturated heterocycles. The van der Waals surface area contributed by atoms with Crippen LogP contribution < -0.4 is 15.5 Å². The zero-order chi connectivity index (χ0) is 18.5. The third-order valence-electron chi connectivity index (χ3n) is 5.52. The summed E-state index contributed by atoms with van der Waals surface area (Å²) in [6, 6.07) is 4.96. The summed E-state index contributed by atoms with van der Waals surface area (Å²) in [6.07, 6.45) is 1.55. The predicted molar refractivity (Wildman–Crippen MR) is 92.7 cm³/mol. The van der Waals surface area contributed by atoms with Gasteiger partial charge in [0.25, 0.3) is 11.8 Å². The highest BCUT2D eigenvalue weighted by molar-refractivity contribution is 6.07. The Hall–Kier alpha value is -2.90. The molecule has 5 amide bonds. The van der Waals surface area contributed by atoms with Gasteiger partial charge in [0.15, 0.2) is 0 Å². The predicted octanol–water partition coefficient (Wildman–Crippen LogP) is 0.410. The quantitative estimate of drug-likeness (QED) is 0.712. The molecular formula is C18H20N4O4. The summed E-state index contributed by atoms with van der Waals surface area (Å²) in [6.45, 7) is 2.99. The van der Waals surface area contributed by atoms with Crippen LogP contribution in [0.4, 0.5) is 10.5 Å². The van der Waals surface area contributed by atoms with Gasteiger partial charge in [-0.2, -0.15) is 0 Å². The number of anilines is 1. The van der Waals surface area contributed by atoms with Crippen LogP contribution in [0, 0.1) is 0 Å². The fraction of sp³-hybridized carbons (Fsp3) is 0.444. The van der Waals surface area contributed by atoms with Crippen molar-refractivity contribution in [2.75, 3.05) is 24.5 Å². The smallest absolute Gasteiger partial charge is 0.322 e. The second-order valence-corrected chi connectivity index (χ2v) is 7.05. The number of benzene rings is 1. The largest absolute Gasteiger partial charge is 0.338 e. The summed E-state index contributed by atoms with van der Waals surface area (Å²) in [5.41, 5.74) is 1.58. The number of imide groups is 1. The molecule has 1 aromatic carbocycles. The maximum atomic E-state index is 12.8. The summed E-state index contributed by atoms with van der Waals surface area (Å²) in [4.78, 5) is 51.3. The van der Waals surface area contributed by atoms with Gasteiger partial charge in [0.1, 0.15) is 5.54 Å². The van der Waals surface area contributed by atoms with Crippen molar-refractivity contribution in [3.63, 3.8) is 0 Å². The first-order valence-electron chi connectivity index (χ1n) is 8.73. The molecule has 8 heteroatoms. The minimum absolute atomic E-state index is 0.000965. The number of fused-ring (bicyclic) bond motifs is 1. The molecule has 0 aromatic heterocycles. The maximum absolute atomic E-state index is 12.8. The van der Waals surface area contributed by atoms with E-state index in [0.717, 1.165) is 17.7 Å². The fourth-order valence-electron chi connectivity index (χ4n) is 4.02. The normalized spacial score (nSPS) is 20.8. The van der Waals surface area contributed by atoms with Crippen LogP contribution in [-0.4, -0.2) is 53.8 Å². The topological polar surface area (TPSA) is 98.8 Å². The molecule has 26 heavy (non-hydrogen) atoms. The molecule has 2 fully saturated rings. The standard InChI is InChI=1S/C18H20N4O4/c1-11(23)22-7-4-12-10-13(2-3-14(12)22)15(24)21-8-5-18(6-9-21)16(25)19-17(26)20-18/h2-3,10H,4-9H2,1H3,(H2,19,20,25,26). The van der Waals surface area contributed by atoms with E-state index in [1.54, 1.807) is 15.9 Å². The third-order valence-corrected chi connectivity index (χ3v) is 5.52. The summed E-state index contributed by atoms with van der Waals surface area (Å²) in [5, 5.41) is 4.96. The molecule has 3 aliphatic heterocycles. The first-order valence-corrected chi connectivity index (χ1v) is 8.73. The van der Waals surface area contributed by atoms with Crippen molar-refractivity contribution >= 4 is 29.4 Å². The van der Waals surface area contributed by atoms with Crippen molar-refractivity contribution in [1.29, 1.82) is 0 Å². The molecule has 0 saturated carbocycles. The number of hydrogen-bond acceptors (Lipinski definition) is 4. The number of rotatable bonds is 1. The summed E-state index contributed by atoms with van der Waals surface area (Å²) in [5.74, 6) is -0.397. The Morgan fingerprint density at radius 3 is 2.46 bits per heavy atom. The second kappa shape index (κ2) is 5.82. The first-order chi connectivity index (χ1) is 12.4. The molecule has 0 unspecified atom stereocenters. The van der Waals surface area contributed by atoms with Crippen molar-refractivity contribution in [3.8, 4) is 0 Å². The number of piperidine rings is 1. The highest BCUT2D eigenvalue weighted by Gasteiger charge is 2.48. The maximum Gasteiger partial charge on any atom is 0.322 e. The lowest BCUT2D eigenvalue weighted by Crippen LogP contribution is -2.55. The molecule has 8 nitrogen and oxygen atoms in total. The van der Waals surface area contributed by atoms with E-state index in [-0.39, 0.29) is 17.7 Å². The van der Waals surface area contributed by atoms with Crippen LogP contribution in [0.1, 0.15) is 35.7 Å². The summed E-state index contributed by atoms with van der Waals surface area (Å²) >= 11 is 0. The molecule has 0 radical (unpaired) electrons. The van der Waals surface area contributed by atoms with Crippen molar-refractivity contribution in [2.45, 2.75) is 31.7 Å². The monoisotopic (exact) mass is 356 g/mol. The van der Waals surface area contributed by atoms with Gasteiger partial charge in [0.2, 0.25) is 5.91 Å². The molecule has 1 aromatic rings. The number of nitrogens with one attached hydrogen (secondary N) is 2. The number of nitrogens with zero attached hydrogens (tertiary/aromatic N) is 2. The minimum Gasteiger partial charge on any atom is -0.338 e. The highest BCUT2D eigenvalue weighted by Crippen LogP contribution is 2.30. The molecular weight excluding hydrogens is 336 g/mol. The number of carbonyl (C=O) groups is 4. The number of carbonyl (C=O) groups excluding carboxylic acids is 4. The average Bonchev–Trinajstić information content (AvgIpc) is 3.15. The number of urea groups is 1.